The first-order chi connectivity index (χ1) is 12.7. The Kier molecular flexibility index (Phi) is 6.22. The highest BCUT2D eigenvalue weighted by Crippen LogP contribution is 2.16. The highest BCUT2D eigenvalue weighted by atomic mass is 16.5. The SMILES string of the molecule is CCC(=O)NCCc1nc2ccccc2n1CC(=O)NCC1CCCO1. The third-order valence-electron chi connectivity index (χ3n) is 4.58. The van der Waals surface area contributed by atoms with Crippen LogP contribution in [0.4, 0.5) is 0 Å². The topological polar surface area (TPSA) is 85.2 Å². The summed E-state index contributed by atoms with van der Waals surface area (Å²) in [6.45, 7) is 3.87. The van der Waals surface area contributed by atoms with Gasteiger partial charge in [0.2, 0.25) is 11.8 Å². The zero-order valence-corrected chi connectivity index (χ0v) is 15.2. The normalized spacial score (nSPS) is 16.7. The minimum Gasteiger partial charge on any atom is -0.376 e. The van der Waals surface area contributed by atoms with Crippen LogP contribution in [0, 0.1) is 0 Å². The third-order valence-corrected chi connectivity index (χ3v) is 4.58. The fraction of sp³-hybridized carbons (Fsp3) is 0.526. The molecule has 2 aromatic rings. The van der Waals surface area contributed by atoms with Gasteiger partial charge in [-0.1, -0.05) is 19.1 Å². The minimum absolute atomic E-state index is 0.0157. The molecular weight excluding hydrogens is 332 g/mol. The average Bonchev–Trinajstić information content (AvgIpc) is 3.28. The number of fused-ring (bicyclic) bond motifs is 1. The lowest BCUT2D eigenvalue weighted by molar-refractivity contribution is -0.122. The molecule has 1 aliphatic rings. The lowest BCUT2D eigenvalue weighted by Gasteiger charge is -2.13. The van der Waals surface area contributed by atoms with E-state index in [1.54, 1.807) is 0 Å². The molecule has 2 amide bonds. The summed E-state index contributed by atoms with van der Waals surface area (Å²) in [7, 11) is 0. The van der Waals surface area contributed by atoms with Gasteiger partial charge in [-0.15, -0.1) is 0 Å². The third kappa shape index (κ3) is 4.60. The Hall–Kier alpha value is -2.41. The van der Waals surface area contributed by atoms with Crippen LogP contribution < -0.4 is 10.6 Å². The van der Waals surface area contributed by atoms with Crippen LogP contribution in [-0.2, 0) is 27.3 Å². The Morgan fingerprint density at radius 3 is 2.88 bits per heavy atom. The van der Waals surface area contributed by atoms with Gasteiger partial charge in [0.15, 0.2) is 0 Å². The van der Waals surface area contributed by atoms with Gasteiger partial charge in [-0.25, -0.2) is 4.98 Å². The number of benzene rings is 1. The van der Waals surface area contributed by atoms with Crippen LogP contribution in [0.25, 0.3) is 11.0 Å². The molecule has 1 aromatic carbocycles. The van der Waals surface area contributed by atoms with Crippen molar-refractivity contribution >= 4 is 22.8 Å². The van der Waals surface area contributed by atoms with Crippen molar-refractivity contribution in [3.05, 3.63) is 30.1 Å². The molecule has 1 unspecified atom stereocenters. The maximum Gasteiger partial charge on any atom is 0.240 e. The second-order valence-electron chi connectivity index (χ2n) is 6.50. The number of imidazole rings is 1. The highest BCUT2D eigenvalue weighted by Gasteiger charge is 2.18. The van der Waals surface area contributed by atoms with Crippen LogP contribution in [0.15, 0.2) is 24.3 Å². The van der Waals surface area contributed by atoms with E-state index in [0.29, 0.717) is 25.9 Å². The number of rotatable bonds is 8. The summed E-state index contributed by atoms with van der Waals surface area (Å²) in [5.41, 5.74) is 1.79. The van der Waals surface area contributed by atoms with Gasteiger partial charge in [0, 0.05) is 32.5 Å². The highest BCUT2D eigenvalue weighted by molar-refractivity contribution is 5.81. The number of carbonyl (C=O) groups is 2. The number of ether oxygens (including phenoxy) is 1. The summed E-state index contributed by atoms with van der Waals surface area (Å²) in [5, 5.41) is 5.81. The van der Waals surface area contributed by atoms with Crippen LogP contribution in [-0.4, -0.2) is 47.2 Å². The molecular formula is C19H26N4O3. The molecule has 7 heteroatoms. The molecule has 3 rings (SSSR count). The fourth-order valence-corrected chi connectivity index (χ4v) is 3.16. The first-order valence-electron chi connectivity index (χ1n) is 9.26. The standard InChI is InChI=1S/C19H26N4O3/c1-2-18(24)20-10-9-17-22-15-7-3-4-8-16(15)23(17)13-19(25)21-12-14-6-5-11-26-14/h3-4,7-8,14H,2,5-6,9-13H2,1H3,(H,20,24)(H,21,25). The number of nitrogens with one attached hydrogen (secondary N) is 2. The summed E-state index contributed by atoms with van der Waals surface area (Å²) < 4.78 is 7.47. The molecule has 26 heavy (non-hydrogen) atoms. The summed E-state index contributed by atoms with van der Waals surface area (Å²) in [5.74, 6) is 0.763. The molecule has 0 saturated carbocycles. The van der Waals surface area contributed by atoms with E-state index < -0.39 is 0 Å². The van der Waals surface area contributed by atoms with E-state index in [2.05, 4.69) is 15.6 Å². The Bertz CT molecular complexity index is 765. The Labute approximate surface area is 153 Å². The van der Waals surface area contributed by atoms with E-state index in [1.165, 1.54) is 0 Å². The molecule has 140 valence electrons. The molecule has 0 aliphatic carbocycles. The van der Waals surface area contributed by atoms with Gasteiger partial charge < -0.3 is 19.9 Å². The molecule has 1 saturated heterocycles. The summed E-state index contributed by atoms with van der Waals surface area (Å²) in [4.78, 5) is 28.5. The van der Waals surface area contributed by atoms with Crippen molar-refractivity contribution in [1.82, 2.24) is 20.2 Å². The van der Waals surface area contributed by atoms with Gasteiger partial charge in [-0.3, -0.25) is 9.59 Å². The van der Waals surface area contributed by atoms with Crippen LogP contribution in [0.1, 0.15) is 32.0 Å². The number of nitrogens with zero attached hydrogens (tertiary/aromatic N) is 2. The second-order valence-corrected chi connectivity index (χ2v) is 6.50. The summed E-state index contributed by atoms with van der Waals surface area (Å²) in [6.07, 6.45) is 3.22. The first kappa shape index (κ1) is 18.4. The Morgan fingerprint density at radius 2 is 2.12 bits per heavy atom. The molecule has 0 spiro atoms. The number of hydrogen-bond donors (Lipinski definition) is 2. The van der Waals surface area contributed by atoms with Gasteiger partial charge in [0.1, 0.15) is 12.4 Å². The fourth-order valence-electron chi connectivity index (χ4n) is 3.16. The van der Waals surface area contributed by atoms with Crippen molar-refractivity contribution < 1.29 is 14.3 Å². The lowest BCUT2D eigenvalue weighted by atomic mass is 10.2. The summed E-state index contributed by atoms with van der Waals surface area (Å²) >= 11 is 0. The van der Waals surface area contributed by atoms with Crippen LogP contribution in [0.2, 0.25) is 0 Å². The first-order valence-corrected chi connectivity index (χ1v) is 9.26. The predicted molar refractivity (Wildman–Crippen MR) is 98.7 cm³/mol. The molecule has 1 atom stereocenters. The van der Waals surface area contributed by atoms with E-state index >= 15 is 0 Å². The average molecular weight is 358 g/mol. The number of aromatic nitrogens is 2. The number of para-hydroxylation sites is 2. The van der Waals surface area contributed by atoms with Crippen molar-refractivity contribution in [1.29, 1.82) is 0 Å². The molecule has 0 bridgehead atoms. The molecule has 1 aromatic heterocycles. The number of carbonyl (C=O) groups excluding carboxylic acids is 2. The number of amides is 2. The summed E-state index contributed by atoms with van der Waals surface area (Å²) in [6, 6.07) is 7.77. The van der Waals surface area contributed by atoms with Crippen LogP contribution in [0.5, 0.6) is 0 Å². The van der Waals surface area contributed by atoms with E-state index in [4.69, 9.17) is 4.74 Å². The van der Waals surface area contributed by atoms with E-state index in [1.807, 2.05) is 35.8 Å². The van der Waals surface area contributed by atoms with Gasteiger partial charge in [-0.2, -0.15) is 0 Å². The van der Waals surface area contributed by atoms with E-state index in [0.717, 1.165) is 36.3 Å². The molecule has 2 N–H and O–H groups in total. The quantitative estimate of drug-likeness (QED) is 0.747. The smallest absolute Gasteiger partial charge is 0.240 e. The van der Waals surface area contributed by atoms with Crippen molar-refractivity contribution in [2.45, 2.75) is 45.3 Å². The number of hydrogen-bond acceptors (Lipinski definition) is 4. The van der Waals surface area contributed by atoms with E-state index in [9.17, 15) is 9.59 Å². The van der Waals surface area contributed by atoms with Gasteiger partial charge in [0.05, 0.1) is 17.1 Å². The largest absolute Gasteiger partial charge is 0.376 e. The lowest BCUT2D eigenvalue weighted by Crippen LogP contribution is -2.34. The van der Waals surface area contributed by atoms with Gasteiger partial charge in [0.25, 0.3) is 0 Å². The Balaban J connectivity index is 1.67. The van der Waals surface area contributed by atoms with Crippen LogP contribution >= 0.6 is 0 Å². The van der Waals surface area contributed by atoms with Gasteiger partial charge >= 0.3 is 0 Å². The molecule has 1 aliphatic heterocycles. The minimum atomic E-state index is -0.0532. The predicted octanol–water partition coefficient (Wildman–Crippen LogP) is 1.40. The van der Waals surface area contributed by atoms with Crippen molar-refractivity contribution in [2.24, 2.45) is 0 Å². The molecule has 2 heterocycles. The zero-order valence-electron chi connectivity index (χ0n) is 15.2. The monoisotopic (exact) mass is 358 g/mol. The maximum absolute atomic E-state index is 12.4. The van der Waals surface area contributed by atoms with Crippen molar-refractivity contribution in [3.8, 4) is 0 Å². The Morgan fingerprint density at radius 1 is 1.27 bits per heavy atom. The molecule has 7 nitrogen and oxygen atoms in total. The maximum atomic E-state index is 12.4. The van der Waals surface area contributed by atoms with Gasteiger partial charge in [-0.05, 0) is 25.0 Å². The second kappa shape index (κ2) is 8.80. The molecule has 0 radical (unpaired) electrons. The van der Waals surface area contributed by atoms with Crippen molar-refractivity contribution in [3.63, 3.8) is 0 Å². The molecule has 1 fully saturated rings. The van der Waals surface area contributed by atoms with Crippen LogP contribution in [0.3, 0.4) is 0 Å². The zero-order chi connectivity index (χ0) is 18.4. The van der Waals surface area contributed by atoms with E-state index in [-0.39, 0.29) is 24.5 Å². The van der Waals surface area contributed by atoms with Crippen molar-refractivity contribution in [2.75, 3.05) is 19.7 Å².